The van der Waals surface area contributed by atoms with Crippen molar-refractivity contribution in [2.24, 2.45) is 0 Å². The van der Waals surface area contributed by atoms with E-state index in [0.29, 0.717) is 24.7 Å². The maximum absolute atomic E-state index is 12.2. The summed E-state index contributed by atoms with van der Waals surface area (Å²) in [6, 6.07) is 11.5. The van der Waals surface area contributed by atoms with Crippen LogP contribution in [0.3, 0.4) is 0 Å². The van der Waals surface area contributed by atoms with Crippen molar-refractivity contribution in [3.8, 4) is 11.5 Å². The third-order valence-electron chi connectivity index (χ3n) is 3.93. The van der Waals surface area contributed by atoms with Gasteiger partial charge in [-0.05, 0) is 31.3 Å². The van der Waals surface area contributed by atoms with Crippen molar-refractivity contribution in [1.82, 2.24) is 4.90 Å². The average Bonchev–Trinajstić information content (AvgIpc) is 2.62. The van der Waals surface area contributed by atoms with E-state index in [1.165, 1.54) is 18.2 Å². The number of likely N-dealkylation sites (N-methyl/N-ethyl adjacent to an activating group) is 1. The van der Waals surface area contributed by atoms with E-state index in [9.17, 15) is 14.9 Å². The number of fused-ring (bicyclic) bond motifs is 1. The topological polar surface area (TPSA) is 93.9 Å². The second kappa shape index (κ2) is 8.24. The molecule has 1 heterocycles. The molecule has 2 aromatic rings. The maximum atomic E-state index is 12.2. The molecule has 2 aromatic carbocycles. The zero-order valence-corrected chi connectivity index (χ0v) is 15.3. The summed E-state index contributed by atoms with van der Waals surface area (Å²) in [6.07, 6.45) is -0.220. The number of para-hydroxylation sites is 2. The van der Waals surface area contributed by atoms with Gasteiger partial charge in [0.25, 0.3) is 5.69 Å². The van der Waals surface area contributed by atoms with Gasteiger partial charge in [0, 0.05) is 17.6 Å². The molecular weight excluding hydrogens is 374 g/mol. The molecule has 0 aromatic heterocycles. The van der Waals surface area contributed by atoms with Gasteiger partial charge >= 0.3 is 0 Å². The van der Waals surface area contributed by atoms with E-state index in [1.54, 1.807) is 11.9 Å². The number of benzene rings is 2. The van der Waals surface area contributed by atoms with Gasteiger partial charge in [-0.2, -0.15) is 0 Å². The van der Waals surface area contributed by atoms with Crippen molar-refractivity contribution in [1.29, 1.82) is 0 Å². The lowest BCUT2D eigenvalue weighted by atomic mass is 10.2. The molecule has 1 amide bonds. The minimum absolute atomic E-state index is 0.0429. The van der Waals surface area contributed by atoms with Crippen LogP contribution in [0.4, 0.5) is 11.4 Å². The number of hydrogen-bond acceptors (Lipinski definition) is 6. The smallest absolute Gasteiger partial charge is 0.294 e. The summed E-state index contributed by atoms with van der Waals surface area (Å²) >= 11 is 5.78. The molecule has 9 heteroatoms. The van der Waals surface area contributed by atoms with E-state index in [1.807, 2.05) is 24.3 Å². The minimum Gasteiger partial charge on any atom is -0.486 e. The lowest BCUT2D eigenvalue weighted by Gasteiger charge is -2.29. The second-order valence-corrected chi connectivity index (χ2v) is 6.60. The monoisotopic (exact) mass is 391 g/mol. The summed E-state index contributed by atoms with van der Waals surface area (Å²) in [5.41, 5.74) is -0.145. The number of ether oxygens (including phenoxy) is 2. The first-order valence-electron chi connectivity index (χ1n) is 8.23. The fraction of sp³-hybridized carbons (Fsp3) is 0.278. The van der Waals surface area contributed by atoms with Gasteiger partial charge in [0.1, 0.15) is 18.4 Å². The Kier molecular flexibility index (Phi) is 5.78. The number of rotatable bonds is 6. The van der Waals surface area contributed by atoms with E-state index in [2.05, 4.69) is 5.32 Å². The van der Waals surface area contributed by atoms with Crippen LogP contribution in [0.25, 0.3) is 0 Å². The number of hydrogen-bond donors (Lipinski definition) is 1. The molecule has 0 radical (unpaired) electrons. The van der Waals surface area contributed by atoms with Gasteiger partial charge < -0.3 is 14.8 Å². The molecule has 1 aliphatic heterocycles. The van der Waals surface area contributed by atoms with E-state index < -0.39 is 4.92 Å². The predicted molar refractivity (Wildman–Crippen MR) is 101 cm³/mol. The van der Waals surface area contributed by atoms with Gasteiger partial charge in [-0.1, -0.05) is 23.7 Å². The number of anilines is 1. The Labute approximate surface area is 160 Å². The van der Waals surface area contributed by atoms with Crippen molar-refractivity contribution < 1.29 is 19.2 Å². The van der Waals surface area contributed by atoms with Crippen LogP contribution in [0.15, 0.2) is 42.5 Å². The van der Waals surface area contributed by atoms with Crippen molar-refractivity contribution in [3.63, 3.8) is 0 Å². The molecule has 0 saturated heterocycles. The molecular formula is C18H18ClN3O5. The van der Waals surface area contributed by atoms with Gasteiger partial charge in [0.05, 0.1) is 11.5 Å². The van der Waals surface area contributed by atoms with E-state index in [-0.39, 0.29) is 35.0 Å². The summed E-state index contributed by atoms with van der Waals surface area (Å²) in [4.78, 5) is 24.5. The highest BCUT2D eigenvalue weighted by atomic mass is 35.5. The third-order valence-corrected chi connectivity index (χ3v) is 4.16. The molecule has 0 aliphatic carbocycles. The largest absolute Gasteiger partial charge is 0.486 e. The predicted octanol–water partition coefficient (Wildman–Crippen LogP) is 2.96. The highest BCUT2D eigenvalue weighted by molar-refractivity contribution is 6.31. The second-order valence-electron chi connectivity index (χ2n) is 6.16. The summed E-state index contributed by atoms with van der Waals surface area (Å²) in [5.74, 6) is 0.993. The molecule has 0 spiro atoms. The molecule has 0 fully saturated rings. The van der Waals surface area contributed by atoms with Crippen LogP contribution in [0.2, 0.25) is 5.02 Å². The molecule has 27 heavy (non-hydrogen) atoms. The van der Waals surface area contributed by atoms with Crippen molar-refractivity contribution in [2.75, 3.05) is 32.1 Å². The van der Waals surface area contributed by atoms with Crippen LogP contribution in [0.5, 0.6) is 11.5 Å². The fourth-order valence-electron chi connectivity index (χ4n) is 2.76. The van der Waals surface area contributed by atoms with Crippen LogP contribution >= 0.6 is 11.6 Å². The Bertz CT molecular complexity index is 861. The number of carbonyl (C=O) groups excluding carboxylic acids is 1. The van der Waals surface area contributed by atoms with Crippen LogP contribution < -0.4 is 14.8 Å². The fourth-order valence-corrected chi connectivity index (χ4v) is 2.93. The molecule has 3 rings (SSSR count). The first kappa shape index (κ1) is 18.9. The number of nitrogens with zero attached hydrogens (tertiary/aromatic N) is 2. The first-order chi connectivity index (χ1) is 12.9. The Morgan fingerprint density at radius 1 is 1.33 bits per heavy atom. The summed E-state index contributed by atoms with van der Waals surface area (Å²) in [7, 11) is 1.76. The summed E-state index contributed by atoms with van der Waals surface area (Å²) in [6.45, 7) is 0.886. The molecule has 0 saturated carbocycles. The highest BCUT2D eigenvalue weighted by Gasteiger charge is 2.23. The summed E-state index contributed by atoms with van der Waals surface area (Å²) in [5, 5.41) is 13.9. The first-order valence-corrected chi connectivity index (χ1v) is 8.61. The number of halogens is 1. The standard InChI is InChI=1S/C18H18ClN3O5/c1-21(9-13-11-26-16-4-2-3-5-17(16)27-13)10-18(23)20-14-7-6-12(19)8-15(14)22(24)25/h2-8,13H,9-11H2,1H3,(H,20,23)/t13-/m0/s1. The van der Waals surface area contributed by atoms with E-state index in [0.717, 1.165) is 0 Å². The van der Waals surface area contributed by atoms with E-state index in [4.69, 9.17) is 21.1 Å². The van der Waals surface area contributed by atoms with Gasteiger partial charge in [0.2, 0.25) is 5.91 Å². The molecule has 8 nitrogen and oxygen atoms in total. The Balaban J connectivity index is 1.55. The van der Waals surface area contributed by atoms with Crippen LogP contribution in [0, 0.1) is 10.1 Å². The van der Waals surface area contributed by atoms with Crippen LogP contribution in [-0.2, 0) is 4.79 Å². The van der Waals surface area contributed by atoms with Crippen molar-refractivity contribution >= 4 is 28.9 Å². The number of nitrogens with one attached hydrogen (secondary N) is 1. The van der Waals surface area contributed by atoms with Gasteiger partial charge in [-0.15, -0.1) is 0 Å². The lowest BCUT2D eigenvalue weighted by Crippen LogP contribution is -2.42. The van der Waals surface area contributed by atoms with Crippen LogP contribution in [0.1, 0.15) is 0 Å². The minimum atomic E-state index is -0.587. The Morgan fingerprint density at radius 2 is 2.07 bits per heavy atom. The summed E-state index contributed by atoms with van der Waals surface area (Å²) < 4.78 is 11.5. The zero-order chi connectivity index (χ0) is 19.4. The molecule has 0 unspecified atom stereocenters. The van der Waals surface area contributed by atoms with Gasteiger partial charge in [0.15, 0.2) is 11.5 Å². The molecule has 0 bridgehead atoms. The Morgan fingerprint density at radius 3 is 2.81 bits per heavy atom. The SMILES string of the molecule is CN(CC(=O)Nc1ccc(Cl)cc1[N+](=O)[O-])C[C@H]1COc2ccccc2O1. The number of carbonyl (C=O) groups is 1. The number of amides is 1. The quantitative estimate of drug-likeness (QED) is 0.601. The van der Waals surface area contributed by atoms with Gasteiger partial charge in [-0.3, -0.25) is 19.8 Å². The molecule has 1 aliphatic rings. The normalized spacial score (nSPS) is 15.4. The lowest BCUT2D eigenvalue weighted by molar-refractivity contribution is -0.383. The number of nitro benzene ring substituents is 1. The van der Waals surface area contributed by atoms with Crippen molar-refractivity contribution in [2.45, 2.75) is 6.10 Å². The maximum Gasteiger partial charge on any atom is 0.294 e. The zero-order valence-electron chi connectivity index (χ0n) is 14.6. The Hall–Kier alpha value is -2.84. The van der Waals surface area contributed by atoms with Crippen molar-refractivity contribution in [3.05, 3.63) is 57.6 Å². The average molecular weight is 392 g/mol. The molecule has 1 atom stereocenters. The third kappa shape index (κ3) is 4.87. The number of nitro groups is 1. The van der Waals surface area contributed by atoms with E-state index >= 15 is 0 Å². The molecule has 1 N–H and O–H groups in total. The van der Waals surface area contributed by atoms with Gasteiger partial charge in [-0.25, -0.2) is 0 Å². The highest BCUT2D eigenvalue weighted by Crippen LogP contribution is 2.31. The molecule has 142 valence electrons. The van der Waals surface area contributed by atoms with Crippen LogP contribution in [-0.4, -0.2) is 48.6 Å².